The molecule has 0 unspecified atom stereocenters. The number of aliphatic hydroxyl groups excluding tert-OH is 2. The molecule has 1 aromatic heterocycles. The van der Waals surface area contributed by atoms with Gasteiger partial charge < -0.3 is 34.3 Å². The number of furan rings is 1. The highest BCUT2D eigenvalue weighted by Crippen LogP contribution is 2.36. The fraction of sp³-hybridized carbons (Fsp3) is 0.379. The van der Waals surface area contributed by atoms with E-state index in [4.69, 9.17) is 13.9 Å². The molecular formula is C29H31IN2O7. The van der Waals surface area contributed by atoms with Crippen molar-refractivity contribution < 1.29 is 33.7 Å². The molecule has 3 N–H and O–H groups in total. The van der Waals surface area contributed by atoms with E-state index < -0.39 is 18.2 Å². The van der Waals surface area contributed by atoms with Gasteiger partial charge >= 0.3 is 0 Å². The van der Waals surface area contributed by atoms with Crippen LogP contribution in [0.1, 0.15) is 29.8 Å². The van der Waals surface area contributed by atoms with Gasteiger partial charge in [-0.15, -0.1) is 0 Å². The van der Waals surface area contributed by atoms with Crippen LogP contribution in [-0.4, -0.2) is 72.0 Å². The molecule has 0 radical (unpaired) electrons. The number of ether oxygens (including phenoxy) is 2. The molecular weight excluding hydrogens is 615 g/mol. The average molecular weight is 646 g/mol. The Hall–Kier alpha value is -3.09. The second-order valence-corrected chi connectivity index (χ2v) is 11.0. The number of hydrogen-bond donors (Lipinski definition) is 3. The molecule has 3 aromatic rings. The van der Waals surface area contributed by atoms with E-state index in [9.17, 15) is 19.8 Å². The molecule has 5 rings (SSSR count). The molecule has 1 heterocycles. The van der Waals surface area contributed by atoms with E-state index in [1.54, 1.807) is 36.3 Å². The fourth-order valence-corrected chi connectivity index (χ4v) is 5.37. The van der Waals surface area contributed by atoms with Gasteiger partial charge in [-0.25, -0.2) is 0 Å². The van der Waals surface area contributed by atoms with Gasteiger partial charge in [-0.3, -0.25) is 9.59 Å². The summed E-state index contributed by atoms with van der Waals surface area (Å²) in [6.45, 7) is 0.321. The summed E-state index contributed by atoms with van der Waals surface area (Å²) in [6, 6.07) is 13.8. The Balaban J connectivity index is 1.49. The third-order valence-electron chi connectivity index (χ3n) is 7.07. The van der Waals surface area contributed by atoms with Crippen molar-refractivity contribution in [2.24, 2.45) is 5.92 Å². The minimum atomic E-state index is -1.10. The number of carbonyl (C=O) groups is 2. The zero-order valence-electron chi connectivity index (χ0n) is 21.5. The van der Waals surface area contributed by atoms with Crippen molar-refractivity contribution in [3.63, 3.8) is 0 Å². The Kier molecular flexibility index (Phi) is 8.43. The highest BCUT2D eigenvalue weighted by molar-refractivity contribution is 14.1. The SMILES string of the molecule is COc1cccc2cc(C(=O)N(CC3CC3)[C@@H]3CC(C(=O)NCCO)=C[C@H](Oc4ccccc4I)[C@H]3O)oc12. The first kappa shape index (κ1) is 27.5. The van der Waals surface area contributed by atoms with E-state index in [0.29, 0.717) is 35.1 Å². The van der Waals surface area contributed by atoms with Crippen LogP contribution in [0, 0.1) is 9.49 Å². The highest BCUT2D eigenvalue weighted by Gasteiger charge is 2.43. The summed E-state index contributed by atoms with van der Waals surface area (Å²) in [7, 11) is 1.54. The number of para-hydroxylation sites is 2. The normalized spacial score (nSPS) is 20.8. The molecule has 3 atom stereocenters. The zero-order valence-corrected chi connectivity index (χ0v) is 23.7. The molecule has 206 valence electrons. The third-order valence-corrected chi connectivity index (χ3v) is 7.96. The van der Waals surface area contributed by atoms with E-state index >= 15 is 0 Å². The predicted octanol–water partition coefficient (Wildman–Crippen LogP) is 3.51. The topological polar surface area (TPSA) is 121 Å². The summed E-state index contributed by atoms with van der Waals surface area (Å²) >= 11 is 2.15. The molecule has 2 amide bonds. The second-order valence-electron chi connectivity index (χ2n) is 9.84. The van der Waals surface area contributed by atoms with Crippen molar-refractivity contribution in [3.8, 4) is 11.5 Å². The summed E-state index contributed by atoms with van der Waals surface area (Å²) < 4.78 is 18.4. The fourth-order valence-electron chi connectivity index (χ4n) is 4.86. The molecule has 0 saturated heterocycles. The number of aliphatic hydroxyl groups is 2. The molecule has 39 heavy (non-hydrogen) atoms. The predicted molar refractivity (Wildman–Crippen MR) is 153 cm³/mol. The number of nitrogens with one attached hydrogen (secondary N) is 1. The van der Waals surface area contributed by atoms with Gasteiger partial charge in [-0.05, 0) is 71.7 Å². The largest absolute Gasteiger partial charge is 0.493 e. The lowest BCUT2D eigenvalue weighted by Gasteiger charge is -2.40. The second kappa shape index (κ2) is 12.0. The maximum absolute atomic E-state index is 14.0. The van der Waals surface area contributed by atoms with Gasteiger partial charge in [0.25, 0.3) is 5.91 Å². The van der Waals surface area contributed by atoms with Gasteiger partial charge in [0.15, 0.2) is 17.1 Å². The van der Waals surface area contributed by atoms with Crippen LogP contribution in [0.15, 0.2) is 64.6 Å². The number of benzene rings is 2. The number of hydrogen-bond acceptors (Lipinski definition) is 7. The van der Waals surface area contributed by atoms with Crippen LogP contribution in [0.4, 0.5) is 0 Å². The average Bonchev–Trinajstić information content (AvgIpc) is 3.66. The minimum Gasteiger partial charge on any atom is -0.493 e. The van der Waals surface area contributed by atoms with Gasteiger partial charge in [-0.1, -0.05) is 24.3 Å². The van der Waals surface area contributed by atoms with Gasteiger partial charge in [-0.2, -0.15) is 0 Å². The Labute approximate surface area is 239 Å². The quantitative estimate of drug-likeness (QED) is 0.289. The van der Waals surface area contributed by atoms with Gasteiger partial charge in [0, 0.05) is 30.5 Å². The van der Waals surface area contributed by atoms with Crippen LogP contribution < -0.4 is 14.8 Å². The molecule has 2 aliphatic rings. The Bertz CT molecular complexity index is 1380. The van der Waals surface area contributed by atoms with Crippen LogP contribution in [0.2, 0.25) is 0 Å². The molecule has 0 bridgehead atoms. The number of rotatable bonds is 10. The summed E-state index contributed by atoms with van der Waals surface area (Å²) in [5, 5.41) is 24.2. The number of fused-ring (bicyclic) bond motifs is 1. The van der Waals surface area contributed by atoms with Crippen molar-refractivity contribution in [1.29, 1.82) is 0 Å². The van der Waals surface area contributed by atoms with Crippen molar-refractivity contribution in [2.45, 2.75) is 37.5 Å². The standard InChI is InChI=1S/C29H31IN2O7/c1-37-23-8-4-5-18-14-25(39-27(18)23)29(36)32(16-17-9-10-17)21-13-19(28(35)31-11-12-33)15-24(26(21)34)38-22-7-3-2-6-20(22)30/h2-8,14-15,17,21,24,26,33-34H,9-13,16H2,1H3,(H,31,35)/t21-,24+,26+/m1/s1. The monoisotopic (exact) mass is 646 g/mol. The molecule has 0 spiro atoms. The van der Waals surface area contributed by atoms with Crippen LogP contribution in [-0.2, 0) is 4.79 Å². The Morgan fingerprint density at radius 2 is 1.92 bits per heavy atom. The third kappa shape index (κ3) is 6.07. The number of amides is 2. The molecule has 2 aromatic carbocycles. The number of methoxy groups -OCH3 is 1. The van der Waals surface area contributed by atoms with Crippen molar-refractivity contribution in [2.75, 3.05) is 26.8 Å². The number of halogens is 1. The van der Waals surface area contributed by atoms with Crippen LogP contribution in [0.3, 0.4) is 0 Å². The molecule has 10 heteroatoms. The van der Waals surface area contributed by atoms with E-state index in [2.05, 4.69) is 27.9 Å². The first-order valence-corrected chi connectivity index (χ1v) is 14.0. The first-order valence-electron chi connectivity index (χ1n) is 13.0. The maximum Gasteiger partial charge on any atom is 0.289 e. The zero-order chi connectivity index (χ0) is 27.5. The van der Waals surface area contributed by atoms with Crippen LogP contribution >= 0.6 is 22.6 Å². The lowest BCUT2D eigenvalue weighted by Crippen LogP contribution is -2.55. The van der Waals surface area contributed by atoms with E-state index in [-0.39, 0.29) is 37.1 Å². The van der Waals surface area contributed by atoms with Crippen molar-refractivity contribution in [1.82, 2.24) is 10.2 Å². The van der Waals surface area contributed by atoms with Crippen LogP contribution in [0.25, 0.3) is 11.0 Å². The lowest BCUT2D eigenvalue weighted by atomic mass is 9.87. The Morgan fingerprint density at radius 3 is 2.64 bits per heavy atom. The van der Waals surface area contributed by atoms with Gasteiger partial charge in [0.1, 0.15) is 18.0 Å². The van der Waals surface area contributed by atoms with Crippen molar-refractivity contribution >= 4 is 45.4 Å². The molecule has 0 aliphatic heterocycles. The van der Waals surface area contributed by atoms with Crippen LogP contribution in [0.5, 0.6) is 11.5 Å². The summed E-state index contributed by atoms with van der Waals surface area (Å²) in [5.41, 5.74) is 0.859. The lowest BCUT2D eigenvalue weighted by molar-refractivity contribution is -0.118. The molecule has 2 aliphatic carbocycles. The van der Waals surface area contributed by atoms with E-state index in [1.165, 1.54) is 0 Å². The van der Waals surface area contributed by atoms with Crippen molar-refractivity contribution in [3.05, 3.63) is 69.5 Å². The van der Waals surface area contributed by atoms with Gasteiger partial charge in [0.05, 0.1) is 23.3 Å². The maximum atomic E-state index is 14.0. The molecule has 1 fully saturated rings. The van der Waals surface area contributed by atoms with Gasteiger partial charge in [0.2, 0.25) is 5.91 Å². The number of nitrogens with zero attached hydrogens (tertiary/aromatic N) is 1. The summed E-state index contributed by atoms with van der Waals surface area (Å²) in [6.07, 6.45) is 1.75. The number of carbonyl (C=O) groups excluding carboxylic acids is 2. The summed E-state index contributed by atoms with van der Waals surface area (Å²) in [4.78, 5) is 28.6. The van der Waals surface area contributed by atoms with E-state index in [1.807, 2.05) is 30.3 Å². The van der Waals surface area contributed by atoms with E-state index in [0.717, 1.165) is 21.8 Å². The minimum absolute atomic E-state index is 0.0943. The Morgan fingerprint density at radius 1 is 1.15 bits per heavy atom. The molecule has 9 nitrogen and oxygen atoms in total. The first-order chi connectivity index (χ1) is 18.9. The summed E-state index contributed by atoms with van der Waals surface area (Å²) in [5.74, 6) is 0.803. The smallest absolute Gasteiger partial charge is 0.289 e. The molecule has 1 saturated carbocycles. The highest BCUT2D eigenvalue weighted by atomic mass is 127.